The Labute approximate surface area is 84.7 Å². The van der Waals surface area contributed by atoms with Gasteiger partial charge in [0.25, 0.3) is 0 Å². The summed E-state index contributed by atoms with van der Waals surface area (Å²) in [6.45, 7) is 1.19. The number of rotatable bonds is 1. The average molecular weight is 188 g/mol. The van der Waals surface area contributed by atoms with Gasteiger partial charge in [0.05, 0.1) is 11.4 Å². The van der Waals surface area contributed by atoms with Crippen LogP contribution in [-0.2, 0) is 0 Å². The molecular weight excluding hydrogens is 172 g/mol. The van der Waals surface area contributed by atoms with Gasteiger partial charge in [-0.15, -0.1) is 0 Å². The van der Waals surface area contributed by atoms with Crippen molar-refractivity contribution in [3.05, 3.63) is 24.3 Å². The SMILES string of the molecule is Nc1ccccc1N1CCCC2CC21. The monoisotopic (exact) mass is 188 g/mol. The number of para-hydroxylation sites is 2. The lowest BCUT2D eigenvalue weighted by Gasteiger charge is -2.29. The molecule has 0 amide bonds. The third kappa shape index (κ3) is 1.17. The van der Waals surface area contributed by atoms with Crippen LogP contribution in [0.15, 0.2) is 24.3 Å². The van der Waals surface area contributed by atoms with Gasteiger partial charge in [0.2, 0.25) is 0 Å². The van der Waals surface area contributed by atoms with Crippen LogP contribution in [0, 0.1) is 5.92 Å². The van der Waals surface area contributed by atoms with Crippen LogP contribution >= 0.6 is 0 Å². The van der Waals surface area contributed by atoms with Gasteiger partial charge in [-0.1, -0.05) is 12.1 Å². The number of anilines is 2. The maximum absolute atomic E-state index is 5.99. The largest absolute Gasteiger partial charge is 0.397 e. The molecule has 2 nitrogen and oxygen atoms in total. The highest BCUT2D eigenvalue weighted by Crippen LogP contribution is 2.45. The zero-order valence-corrected chi connectivity index (χ0v) is 8.32. The third-order valence-corrected chi connectivity index (χ3v) is 3.51. The smallest absolute Gasteiger partial charge is 0.0602 e. The molecule has 0 spiro atoms. The highest BCUT2D eigenvalue weighted by Gasteiger charge is 2.44. The van der Waals surface area contributed by atoms with Crippen LogP contribution in [0.5, 0.6) is 0 Å². The fraction of sp³-hybridized carbons (Fsp3) is 0.500. The molecule has 0 radical (unpaired) electrons. The lowest BCUT2D eigenvalue weighted by molar-refractivity contribution is 0.559. The first-order valence-corrected chi connectivity index (χ1v) is 5.47. The van der Waals surface area contributed by atoms with Gasteiger partial charge in [0.1, 0.15) is 0 Å². The zero-order chi connectivity index (χ0) is 9.54. The number of nitrogen functional groups attached to an aromatic ring is 1. The molecule has 1 aromatic carbocycles. The van der Waals surface area contributed by atoms with E-state index in [4.69, 9.17) is 5.73 Å². The Morgan fingerprint density at radius 3 is 3.00 bits per heavy atom. The molecule has 1 aliphatic heterocycles. The van der Waals surface area contributed by atoms with Gasteiger partial charge >= 0.3 is 0 Å². The van der Waals surface area contributed by atoms with Gasteiger partial charge in [-0.2, -0.15) is 0 Å². The number of hydrogen-bond donors (Lipinski definition) is 1. The summed E-state index contributed by atoms with van der Waals surface area (Å²) < 4.78 is 0. The lowest BCUT2D eigenvalue weighted by atomic mass is 10.1. The van der Waals surface area contributed by atoms with E-state index >= 15 is 0 Å². The quantitative estimate of drug-likeness (QED) is 0.685. The molecule has 74 valence electrons. The first kappa shape index (κ1) is 8.16. The van der Waals surface area contributed by atoms with E-state index in [9.17, 15) is 0 Å². The lowest BCUT2D eigenvalue weighted by Crippen LogP contribution is -2.32. The van der Waals surface area contributed by atoms with Crippen LogP contribution in [0.2, 0.25) is 0 Å². The summed E-state index contributed by atoms with van der Waals surface area (Å²) in [5.74, 6) is 0.961. The van der Waals surface area contributed by atoms with Crippen LogP contribution in [0.1, 0.15) is 19.3 Å². The van der Waals surface area contributed by atoms with E-state index in [1.54, 1.807) is 0 Å². The van der Waals surface area contributed by atoms with Gasteiger partial charge in [-0.05, 0) is 37.3 Å². The number of nitrogens with zero attached hydrogens (tertiary/aromatic N) is 1. The summed E-state index contributed by atoms with van der Waals surface area (Å²) in [7, 11) is 0. The second-order valence-corrected chi connectivity index (χ2v) is 4.46. The molecule has 2 heteroatoms. The predicted octanol–water partition coefficient (Wildman–Crippen LogP) is 2.26. The van der Waals surface area contributed by atoms with Crippen molar-refractivity contribution in [3.63, 3.8) is 0 Å². The summed E-state index contributed by atoms with van der Waals surface area (Å²) in [5.41, 5.74) is 8.17. The van der Waals surface area contributed by atoms with Crippen LogP contribution < -0.4 is 10.6 Å². The number of piperidine rings is 1. The highest BCUT2D eigenvalue weighted by molar-refractivity contribution is 5.68. The molecule has 2 atom stereocenters. The van der Waals surface area contributed by atoms with Crippen LogP contribution in [-0.4, -0.2) is 12.6 Å². The van der Waals surface area contributed by atoms with Crippen LogP contribution in [0.3, 0.4) is 0 Å². The summed E-state index contributed by atoms with van der Waals surface area (Å²) in [4.78, 5) is 2.50. The van der Waals surface area contributed by atoms with Crippen molar-refractivity contribution in [2.24, 2.45) is 5.92 Å². The van der Waals surface area contributed by atoms with E-state index < -0.39 is 0 Å². The number of nitrogens with two attached hydrogens (primary N) is 1. The highest BCUT2D eigenvalue weighted by atomic mass is 15.2. The van der Waals surface area contributed by atoms with Crippen LogP contribution in [0.4, 0.5) is 11.4 Å². The van der Waals surface area contributed by atoms with Crippen molar-refractivity contribution >= 4 is 11.4 Å². The Hall–Kier alpha value is -1.18. The van der Waals surface area contributed by atoms with E-state index in [0.29, 0.717) is 0 Å². The molecule has 1 saturated carbocycles. The van der Waals surface area contributed by atoms with Gasteiger partial charge in [-0.25, -0.2) is 0 Å². The summed E-state index contributed by atoms with van der Waals surface area (Å²) in [5, 5.41) is 0. The molecule has 2 aliphatic rings. The number of benzene rings is 1. The Morgan fingerprint density at radius 1 is 1.29 bits per heavy atom. The second kappa shape index (κ2) is 2.91. The van der Waals surface area contributed by atoms with Crippen molar-refractivity contribution < 1.29 is 0 Å². The Balaban J connectivity index is 1.91. The minimum absolute atomic E-state index is 0.799. The van der Waals surface area contributed by atoms with E-state index in [2.05, 4.69) is 17.0 Å². The Morgan fingerprint density at radius 2 is 2.14 bits per heavy atom. The van der Waals surface area contributed by atoms with Crippen LogP contribution in [0.25, 0.3) is 0 Å². The Bertz CT molecular complexity index is 348. The minimum Gasteiger partial charge on any atom is -0.397 e. The molecule has 14 heavy (non-hydrogen) atoms. The number of fused-ring (bicyclic) bond motifs is 1. The molecule has 1 aliphatic carbocycles. The van der Waals surface area contributed by atoms with Crippen molar-refractivity contribution in [2.45, 2.75) is 25.3 Å². The summed E-state index contributed by atoms with van der Waals surface area (Å²) in [6, 6.07) is 9.04. The Kier molecular flexibility index (Phi) is 1.69. The van der Waals surface area contributed by atoms with Gasteiger partial charge in [0.15, 0.2) is 0 Å². The van der Waals surface area contributed by atoms with Crippen molar-refractivity contribution in [1.29, 1.82) is 0 Å². The molecule has 0 bridgehead atoms. The average Bonchev–Trinajstić information content (AvgIpc) is 2.97. The van der Waals surface area contributed by atoms with Crippen molar-refractivity contribution in [3.8, 4) is 0 Å². The van der Waals surface area contributed by atoms with Crippen molar-refractivity contribution in [1.82, 2.24) is 0 Å². The van der Waals surface area contributed by atoms with Gasteiger partial charge < -0.3 is 10.6 Å². The molecule has 0 aromatic heterocycles. The summed E-state index contributed by atoms with van der Waals surface area (Å²) in [6.07, 6.45) is 4.14. The van der Waals surface area contributed by atoms with Crippen molar-refractivity contribution in [2.75, 3.05) is 17.2 Å². The normalized spacial score (nSPS) is 29.9. The zero-order valence-electron chi connectivity index (χ0n) is 8.32. The molecule has 1 aromatic rings. The number of hydrogen-bond acceptors (Lipinski definition) is 2. The molecule has 2 N–H and O–H groups in total. The third-order valence-electron chi connectivity index (χ3n) is 3.51. The second-order valence-electron chi connectivity index (χ2n) is 4.46. The molecule has 2 fully saturated rings. The molecular formula is C12H16N2. The topological polar surface area (TPSA) is 29.3 Å². The van der Waals surface area contributed by atoms with E-state index in [-0.39, 0.29) is 0 Å². The van der Waals surface area contributed by atoms with E-state index in [1.807, 2.05) is 12.1 Å². The fourth-order valence-electron chi connectivity index (χ4n) is 2.66. The first-order valence-electron chi connectivity index (χ1n) is 5.47. The molecule has 1 heterocycles. The maximum Gasteiger partial charge on any atom is 0.0602 e. The summed E-state index contributed by atoms with van der Waals surface area (Å²) >= 11 is 0. The van der Waals surface area contributed by atoms with Gasteiger partial charge in [-0.3, -0.25) is 0 Å². The first-order chi connectivity index (χ1) is 6.86. The maximum atomic E-state index is 5.99. The molecule has 1 saturated heterocycles. The van der Waals surface area contributed by atoms with E-state index in [1.165, 1.54) is 31.5 Å². The molecule has 2 unspecified atom stereocenters. The minimum atomic E-state index is 0.799. The standard InChI is InChI=1S/C12H16N2/c13-10-5-1-2-6-11(10)14-7-3-4-9-8-12(9)14/h1-2,5-6,9,12H,3-4,7-8,13H2. The molecule has 3 rings (SSSR count). The van der Waals surface area contributed by atoms with Gasteiger partial charge in [0, 0.05) is 12.6 Å². The predicted molar refractivity (Wildman–Crippen MR) is 59.3 cm³/mol. The fourth-order valence-corrected chi connectivity index (χ4v) is 2.66. The van der Waals surface area contributed by atoms with E-state index in [0.717, 1.165) is 17.6 Å².